The zero-order valence-corrected chi connectivity index (χ0v) is 11.5. The Hall–Kier alpha value is -2.89. The molecule has 1 N–H and O–H groups in total. The first-order valence-electron chi connectivity index (χ1n) is 6.61. The normalized spacial score (nSPS) is 10.5. The van der Waals surface area contributed by atoms with Gasteiger partial charge in [-0.25, -0.2) is 14.6 Å². The van der Waals surface area contributed by atoms with Crippen LogP contribution < -0.4 is 10.2 Å². The summed E-state index contributed by atoms with van der Waals surface area (Å²) >= 11 is 0. The topological polar surface area (TPSA) is 69.0 Å². The van der Waals surface area contributed by atoms with Gasteiger partial charge in [-0.15, -0.1) is 0 Å². The Morgan fingerprint density at radius 2 is 2.10 bits per heavy atom. The third-order valence-electron chi connectivity index (χ3n) is 2.97. The van der Waals surface area contributed by atoms with Crippen molar-refractivity contribution in [2.75, 3.05) is 12.0 Å². The number of carbonyl (C=O) groups excluding carboxylic acids is 1. The van der Waals surface area contributed by atoms with Crippen LogP contribution in [-0.4, -0.2) is 27.2 Å². The Labute approximate surface area is 121 Å². The molecule has 0 saturated heterocycles. The second-order valence-electron chi connectivity index (χ2n) is 4.33. The third-order valence-corrected chi connectivity index (χ3v) is 2.97. The lowest BCUT2D eigenvalue weighted by Gasteiger charge is -2.10. The minimum absolute atomic E-state index is 0.297. The van der Waals surface area contributed by atoms with Gasteiger partial charge in [-0.1, -0.05) is 12.1 Å². The van der Waals surface area contributed by atoms with Gasteiger partial charge in [0.1, 0.15) is 11.9 Å². The van der Waals surface area contributed by atoms with Crippen LogP contribution >= 0.6 is 0 Å². The summed E-state index contributed by atoms with van der Waals surface area (Å²) in [4.78, 5) is 20.7. The number of amides is 1. The van der Waals surface area contributed by atoms with Crippen molar-refractivity contribution in [1.82, 2.24) is 14.6 Å². The van der Waals surface area contributed by atoms with Gasteiger partial charge in [0.15, 0.2) is 0 Å². The molecule has 0 atom stereocenters. The Morgan fingerprint density at radius 3 is 2.95 bits per heavy atom. The van der Waals surface area contributed by atoms with Crippen LogP contribution in [0, 0.1) is 0 Å². The molecule has 1 amide bonds. The number of pyridine rings is 1. The van der Waals surface area contributed by atoms with E-state index in [0.717, 1.165) is 11.0 Å². The number of benzene rings is 1. The zero-order valence-electron chi connectivity index (χ0n) is 11.5. The average molecular weight is 282 g/mol. The number of ether oxygens (including phenoxy) is 1. The lowest BCUT2D eigenvalue weighted by atomic mass is 10.2. The van der Waals surface area contributed by atoms with Gasteiger partial charge in [0, 0.05) is 6.20 Å². The molecule has 0 aliphatic rings. The molecule has 2 heterocycles. The van der Waals surface area contributed by atoms with Crippen molar-refractivity contribution in [3.05, 3.63) is 54.5 Å². The summed E-state index contributed by atoms with van der Waals surface area (Å²) in [5.74, 6) is 0.0247. The Kier molecular flexibility index (Phi) is 3.51. The molecular formula is C15H14N4O2. The van der Waals surface area contributed by atoms with Crippen LogP contribution in [0.3, 0.4) is 0 Å². The number of nitrogens with one attached hydrogen (secondary N) is 1. The summed E-state index contributed by atoms with van der Waals surface area (Å²) < 4.78 is 6.95. The van der Waals surface area contributed by atoms with E-state index in [1.165, 1.54) is 0 Å². The molecule has 106 valence electrons. The highest BCUT2D eigenvalue weighted by atomic mass is 16.5. The Bertz CT molecular complexity index is 782. The molecule has 3 aromatic rings. The predicted octanol–water partition coefficient (Wildman–Crippen LogP) is 2.21. The summed E-state index contributed by atoms with van der Waals surface area (Å²) in [6, 6.07) is 10.9. The maximum absolute atomic E-state index is 12.4. The van der Waals surface area contributed by atoms with Crippen LogP contribution in [0.25, 0.3) is 11.0 Å². The van der Waals surface area contributed by atoms with Crippen LogP contribution in [0.2, 0.25) is 0 Å². The van der Waals surface area contributed by atoms with E-state index in [9.17, 15) is 4.79 Å². The van der Waals surface area contributed by atoms with E-state index in [2.05, 4.69) is 15.4 Å². The van der Waals surface area contributed by atoms with Gasteiger partial charge in [-0.3, -0.25) is 10.2 Å². The van der Waals surface area contributed by atoms with E-state index in [0.29, 0.717) is 18.1 Å². The fraction of sp³-hybridized carbons (Fsp3) is 0.133. The smallest absolute Gasteiger partial charge is 0.275 e. The van der Waals surface area contributed by atoms with Crippen molar-refractivity contribution in [3.8, 4) is 5.88 Å². The van der Waals surface area contributed by atoms with Crippen LogP contribution in [0.1, 0.15) is 17.3 Å². The second kappa shape index (κ2) is 5.62. The number of aromatic nitrogens is 3. The van der Waals surface area contributed by atoms with Gasteiger partial charge < -0.3 is 4.74 Å². The van der Waals surface area contributed by atoms with E-state index < -0.39 is 0 Å². The standard InChI is InChI=1S/C15H14N4O2/c1-2-21-15-11(6-5-9-16-15)14(20)18-19-10-17-12-7-3-4-8-13(12)19/h3-10H,2H2,1H3,(H,18,20). The van der Waals surface area contributed by atoms with Crippen molar-refractivity contribution < 1.29 is 9.53 Å². The molecule has 0 unspecified atom stereocenters. The molecule has 0 saturated carbocycles. The highest BCUT2D eigenvalue weighted by Crippen LogP contribution is 2.15. The SMILES string of the molecule is CCOc1ncccc1C(=O)Nn1cnc2ccccc21. The molecule has 2 aromatic heterocycles. The van der Waals surface area contributed by atoms with Gasteiger partial charge in [0.25, 0.3) is 5.91 Å². The summed E-state index contributed by atoms with van der Waals surface area (Å²) in [6.07, 6.45) is 3.16. The van der Waals surface area contributed by atoms with Crippen molar-refractivity contribution in [2.45, 2.75) is 6.92 Å². The molecule has 0 spiro atoms. The first-order chi connectivity index (χ1) is 10.3. The van der Waals surface area contributed by atoms with Gasteiger partial charge in [-0.05, 0) is 31.2 Å². The maximum Gasteiger partial charge on any atom is 0.275 e. The summed E-state index contributed by atoms with van der Waals surface area (Å²) in [5, 5.41) is 0. The first-order valence-corrected chi connectivity index (χ1v) is 6.61. The molecule has 6 heteroatoms. The largest absolute Gasteiger partial charge is 0.477 e. The number of hydrogen-bond acceptors (Lipinski definition) is 4. The van der Waals surface area contributed by atoms with E-state index in [4.69, 9.17) is 4.74 Å². The van der Waals surface area contributed by atoms with Gasteiger partial charge in [0.05, 0.1) is 17.6 Å². The van der Waals surface area contributed by atoms with Crippen molar-refractivity contribution in [2.24, 2.45) is 0 Å². The minimum Gasteiger partial charge on any atom is -0.477 e. The number of hydrogen-bond donors (Lipinski definition) is 1. The van der Waals surface area contributed by atoms with Crippen LogP contribution in [0.5, 0.6) is 5.88 Å². The van der Waals surface area contributed by atoms with Crippen LogP contribution in [0.4, 0.5) is 0 Å². The Balaban J connectivity index is 1.90. The predicted molar refractivity (Wildman–Crippen MR) is 78.8 cm³/mol. The second-order valence-corrected chi connectivity index (χ2v) is 4.33. The molecule has 0 fully saturated rings. The lowest BCUT2D eigenvalue weighted by Crippen LogP contribution is -2.23. The molecule has 1 aromatic carbocycles. The van der Waals surface area contributed by atoms with Crippen LogP contribution in [-0.2, 0) is 0 Å². The molecule has 0 bridgehead atoms. The number of carbonyl (C=O) groups is 1. The van der Waals surface area contributed by atoms with Crippen molar-refractivity contribution >= 4 is 16.9 Å². The summed E-state index contributed by atoms with van der Waals surface area (Å²) in [7, 11) is 0. The number of fused-ring (bicyclic) bond motifs is 1. The Morgan fingerprint density at radius 1 is 1.24 bits per heavy atom. The molecule has 0 aliphatic heterocycles. The van der Waals surface area contributed by atoms with E-state index in [-0.39, 0.29) is 5.91 Å². The van der Waals surface area contributed by atoms with E-state index in [1.54, 1.807) is 29.3 Å². The zero-order chi connectivity index (χ0) is 14.7. The highest BCUT2D eigenvalue weighted by molar-refractivity contribution is 6.02. The number of para-hydroxylation sites is 2. The fourth-order valence-electron chi connectivity index (χ4n) is 2.03. The van der Waals surface area contributed by atoms with Crippen molar-refractivity contribution in [3.63, 3.8) is 0 Å². The molecule has 0 aliphatic carbocycles. The van der Waals surface area contributed by atoms with E-state index in [1.807, 2.05) is 31.2 Å². The summed E-state index contributed by atoms with van der Waals surface area (Å²) in [5.41, 5.74) is 4.80. The molecule has 21 heavy (non-hydrogen) atoms. The lowest BCUT2D eigenvalue weighted by molar-refractivity contribution is 0.100. The van der Waals surface area contributed by atoms with Gasteiger partial charge >= 0.3 is 0 Å². The molecule has 3 rings (SSSR count). The summed E-state index contributed by atoms with van der Waals surface area (Å²) in [6.45, 7) is 2.30. The molecule has 0 radical (unpaired) electrons. The van der Waals surface area contributed by atoms with Gasteiger partial charge in [-0.2, -0.15) is 0 Å². The number of nitrogens with zero attached hydrogens (tertiary/aromatic N) is 3. The molecule has 6 nitrogen and oxygen atoms in total. The number of rotatable bonds is 4. The maximum atomic E-state index is 12.4. The van der Waals surface area contributed by atoms with Crippen molar-refractivity contribution in [1.29, 1.82) is 0 Å². The minimum atomic E-state index is -0.297. The fourth-order valence-corrected chi connectivity index (χ4v) is 2.03. The monoisotopic (exact) mass is 282 g/mol. The third kappa shape index (κ3) is 2.55. The average Bonchev–Trinajstić information content (AvgIpc) is 2.91. The number of imidazole rings is 1. The molecular weight excluding hydrogens is 268 g/mol. The highest BCUT2D eigenvalue weighted by Gasteiger charge is 2.14. The quantitative estimate of drug-likeness (QED) is 0.796. The van der Waals surface area contributed by atoms with Crippen LogP contribution in [0.15, 0.2) is 48.9 Å². The van der Waals surface area contributed by atoms with E-state index >= 15 is 0 Å². The van der Waals surface area contributed by atoms with Gasteiger partial charge in [0.2, 0.25) is 5.88 Å². The first kappa shape index (κ1) is 13.1.